The third-order valence-electron chi connectivity index (χ3n) is 2.07. The van der Waals surface area contributed by atoms with Gasteiger partial charge >= 0.3 is 6.18 Å². The Morgan fingerprint density at radius 3 is 2.80 bits per heavy atom. The molecule has 1 rings (SSSR count). The molecule has 0 aromatic rings. The molecule has 0 saturated carbocycles. The molecular formula is C9H16F3NO2. The molecule has 6 heteroatoms. The molecular weight excluding hydrogens is 211 g/mol. The molecule has 1 aliphatic heterocycles. The van der Waals surface area contributed by atoms with Gasteiger partial charge < -0.3 is 14.8 Å². The average Bonchev–Trinajstić information content (AvgIpc) is 2.54. The molecule has 1 fully saturated rings. The average molecular weight is 227 g/mol. The van der Waals surface area contributed by atoms with Gasteiger partial charge in [0.25, 0.3) is 0 Å². The first kappa shape index (κ1) is 12.7. The van der Waals surface area contributed by atoms with E-state index >= 15 is 0 Å². The minimum absolute atomic E-state index is 0.0349. The zero-order chi connectivity index (χ0) is 11.3. The van der Waals surface area contributed by atoms with E-state index in [-0.39, 0.29) is 18.8 Å². The van der Waals surface area contributed by atoms with E-state index in [4.69, 9.17) is 9.47 Å². The molecule has 0 aliphatic carbocycles. The smallest absolute Gasteiger partial charge is 0.379 e. The van der Waals surface area contributed by atoms with Crippen LogP contribution in [0.1, 0.15) is 13.3 Å². The van der Waals surface area contributed by atoms with Crippen LogP contribution < -0.4 is 5.32 Å². The quantitative estimate of drug-likeness (QED) is 0.768. The van der Waals surface area contributed by atoms with Crippen LogP contribution >= 0.6 is 0 Å². The highest BCUT2D eigenvalue weighted by Gasteiger charge is 2.26. The highest BCUT2D eigenvalue weighted by molar-refractivity contribution is 4.67. The highest BCUT2D eigenvalue weighted by Crippen LogP contribution is 2.13. The molecule has 2 unspecified atom stereocenters. The van der Waals surface area contributed by atoms with E-state index < -0.39 is 12.7 Å². The summed E-state index contributed by atoms with van der Waals surface area (Å²) in [4.78, 5) is 0. The molecule has 1 heterocycles. The van der Waals surface area contributed by atoms with E-state index in [1.54, 1.807) is 6.92 Å². The Hall–Kier alpha value is -0.330. The number of nitrogens with one attached hydrogen (secondary N) is 1. The van der Waals surface area contributed by atoms with Crippen LogP contribution in [-0.2, 0) is 9.47 Å². The maximum absolute atomic E-state index is 11.8. The first-order valence-corrected chi connectivity index (χ1v) is 4.98. The van der Waals surface area contributed by atoms with Gasteiger partial charge in [0.2, 0.25) is 0 Å². The van der Waals surface area contributed by atoms with Crippen LogP contribution in [0.5, 0.6) is 0 Å². The lowest BCUT2D eigenvalue weighted by atomic mass is 10.3. The first-order valence-electron chi connectivity index (χ1n) is 4.98. The largest absolute Gasteiger partial charge is 0.401 e. The SMILES string of the molecule is CC(CNCC(F)(F)F)OC1CCOC1. The van der Waals surface area contributed by atoms with Gasteiger partial charge in [-0.2, -0.15) is 13.2 Å². The van der Waals surface area contributed by atoms with Crippen molar-refractivity contribution in [1.82, 2.24) is 5.32 Å². The molecule has 0 spiro atoms. The van der Waals surface area contributed by atoms with Crippen molar-refractivity contribution in [3.05, 3.63) is 0 Å². The molecule has 0 aromatic heterocycles. The van der Waals surface area contributed by atoms with Crippen molar-refractivity contribution in [2.45, 2.75) is 31.7 Å². The number of hydrogen-bond donors (Lipinski definition) is 1. The highest BCUT2D eigenvalue weighted by atomic mass is 19.4. The van der Waals surface area contributed by atoms with Gasteiger partial charge in [-0.1, -0.05) is 0 Å². The molecule has 90 valence electrons. The fourth-order valence-corrected chi connectivity index (χ4v) is 1.41. The summed E-state index contributed by atoms with van der Waals surface area (Å²) < 4.78 is 45.9. The molecule has 2 atom stereocenters. The predicted molar refractivity (Wildman–Crippen MR) is 48.7 cm³/mol. The lowest BCUT2D eigenvalue weighted by molar-refractivity contribution is -0.126. The van der Waals surface area contributed by atoms with Gasteiger partial charge in [-0.25, -0.2) is 0 Å². The summed E-state index contributed by atoms with van der Waals surface area (Å²) in [5, 5.41) is 2.31. The normalized spacial score (nSPS) is 24.4. The fraction of sp³-hybridized carbons (Fsp3) is 1.00. The number of alkyl halides is 3. The van der Waals surface area contributed by atoms with E-state index in [1.165, 1.54) is 0 Å². The molecule has 3 nitrogen and oxygen atoms in total. The predicted octanol–water partition coefficient (Wildman–Crippen LogP) is 1.33. The van der Waals surface area contributed by atoms with Crippen molar-refractivity contribution in [2.24, 2.45) is 0 Å². The third kappa shape index (κ3) is 5.96. The lowest BCUT2D eigenvalue weighted by Gasteiger charge is -2.18. The van der Waals surface area contributed by atoms with E-state index in [0.29, 0.717) is 13.2 Å². The molecule has 0 radical (unpaired) electrons. The summed E-state index contributed by atoms with van der Waals surface area (Å²) in [5.74, 6) is 0. The van der Waals surface area contributed by atoms with Crippen molar-refractivity contribution in [1.29, 1.82) is 0 Å². The second-order valence-corrected chi connectivity index (χ2v) is 3.68. The summed E-state index contributed by atoms with van der Waals surface area (Å²) in [7, 11) is 0. The van der Waals surface area contributed by atoms with Crippen LogP contribution in [0.25, 0.3) is 0 Å². The Balaban J connectivity index is 2.05. The maximum atomic E-state index is 11.8. The van der Waals surface area contributed by atoms with Crippen LogP contribution in [-0.4, -0.2) is 44.7 Å². The van der Waals surface area contributed by atoms with Gasteiger partial charge in [-0.05, 0) is 13.3 Å². The van der Waals surface area contributed by atoms with Crippen molar-refractivity contribution >= 4 is 0 Å². The Morgan fingerprint density at radius 1 is 1.53 bits per heavy atom. The van der Waals surface area contributed by atoms with Gasteiger partial charge in [0.05, 0.1) is 25.4 Å². The molecule has 1 aliphatic rings. The van der Waals surface area contributed by atoms with Gasteiger partial charge in [0.1, 0.15) is 0 Å². The minimum Gasteiger partial charge on any atom is -0.379 e. The Morgan fingerprint density at radius 2 is 2.27 bits per heavy atom. The van der Waals surface area contributed by atoms with Gasteiger partial charge in [-0.15, -0.1) is 0 Å². The summed E-state index contributed by atoms with van der Waals surface area (Å²) in [6.45, 7) is 2.20. The second kappa shape index (κ2) is 5.67. The van der Waals surface area contributed by atoms with Gasteiger partial charge in [0.15, 0.2) is 0 Å². The molecule has 0 aromatic carbocycles. The van der Waals surface area contributed by atoms with Crippen molar-refractivity contribution in [3.63, 3.8) is 0 Å². The van der Waals surface area contributed by atoms with Crippen LogP contribution in [0.15, 0.2) is 0 Å². The topological polar surface area (TPSA) is 30.5 Å². The fourth-order valence-electron chi connectivity index (χ4n) is 1.41. The minimum atomic E-state index is -4.16. The Bertz CT molecular complexity index is 181. The summed E-state index contributed by atoms with van der Waals surface area (Å²) >= 11 is 0. The first-order chi connectivity index (χ1) is 6.97. The monoisotopic (exact) mass is 227 g/mol. The van der Waals surface area contributed by atoms with E-state index in [0.717, 1.165) is 6.42 Å². The van der Waals surface area contributed by atoms with E-state index in [2.05, 4.69) is 5.32 Å². The molecule has 1 N–H and O–H groups in total. The van der Waals surface area contributed by atoms with Crippen LogP contribution in [0.4, 0.5) is 13.2 Å². The standard InChI is InChI=1S/C9H16F3NO2/c1-7(4-13-6-9(10,11)12)15-8-2-3-14-5-8/h7-8,13H,2-6H2,1H3. The van der Waals surface area contributed by atoms with Crippen molar-refractivity contribution in [3.8, 4) is 0 Å². The zero-order valence-electron chi connectivity index (χ0n) is 8.64. The Labute approximate surface area is 86.9 Å². The van der Waals surface area contributed by atoms with Gasteiger partial charge in [0, 0.05) is 13.2 Å². The number of ether oxygens (including phenoxy) is 2. The van der Waals surface area contributed by atoms with Crippen LogP contribution in [0.3, 0.4) is 0 Å². The van der Waals surface area contributed by atoms with E-state index in [1.807, 2.05) is 0 Å². The second-order valence-electron chi connectivity index (χ2n) is 3.68. The number of halogens is 3. The zero-order valence-corrected chi connectivity index (χ0v) is 8.64. The molecule has 15 heavy (non-hydrogen) atoms. The van der Waals surface area contributed by atoms with Crippen molar-refractivity contribution < 1.29 is 22.6 Å². The number of hydrogen-bond acceptors (Lipinski definition) is 3. The van der Waals surface area contributed by atoms with Crippen LogP contribution in [0.2, 0.25) is 0 Å². The van der Waals surface area contributed by atoms with Gasteiger partial charge in [-0.3, -0.25) is 0 Å². The van der Waals surface area contributed by atoms with Crippen molar-refractivity contribution in [2.75, 3.05) is 26.3 Å². The van der Waals surface area contributed by atoms with E-state index in [9.17, 15) is 13.2 Å². The maximum Gasteiger partial charge on any atom is 0.401 e. The van der Waals surface area contributed by atoms with Crippen LogP contribution in [0, 0.1) is 0 Å². The molecule has 0 bridgehead atoms. The molecule has 0 amide bonds. The lowest BCUT2D eigenvalue weighted by Crippen LogP contribution is -2.36. The summed E-state index contributed by atoms with van der Waals surface area (Å²) in [6.07, 6.45) is -3.52. The Kier molecular flexibility index (Phi) is 4.82. The summed E-state index contributed by atoms with van der Waals surface area (Å²) in [6, 6.07) is 0. The summed E-state index contributed by atoms with van der Waals surface area (Å²) in [5.41, 5.74) is 0. The third-order valence-corrected chi connectivity index (χ3v) is 2.07. The molecule has 1 saturated heterocycles. The number of rotatable bonds is 5.